The highest BCUT2D eigenvalue weighted by Crippen LogP contribution is 2.38. The molecule has 12 bridgehead atoms. The van der Waals surface area contributed by atoms with Crippen LogP contribution in [-0.4, -0.2) is 316 Å². The van der Waals surface area contributed by atoms with Crippen LogP contribution < -0.4 is 0 Å². The maximum atomic E-state index is 11.2. The van der Waals surface area contributed by atoms with Crippen LogP contribution in [0, 0.1) is 0 Å². The molecule has 1 unspecified atom stereocenters. The molecular weight excluding hydrogens is 912 g/mol. The van der Waals surface area contributed by atoms with Crippen molar-refractivity contribution in [3.8, 4) is 0 Å². The largest absolute Gasteiger partial charge is 0.394 e. The van der Waals surface area contributed by atoms with Gasteiger partial charge in [0.2, 0.25) is 0 Å². The van der Waals surface area contributed by atoms with Gasteiger partial charge in [0.05, 0.1) is 39.6 Å². The first-order chi connectivity index (χ1) is 31.4. The number of rotatable bonds is 6. The molecule has 0 aromatic carbocycles. The Morgan fingerprint density at radius 3 is 0.409 bits per heavy atom. The molecule has 0 radical (unpaired) electrons. The van der Waals surface area contributed by atoms with Crippen LogP contribution in [0.3, 0.4) is 0 Å². The van der Waals surface area contributed by atoms with Gasteiger partial charge >= 0.3 is 0 Å². The van der Waals surface area contributed by atoms with Crippen molar-refractivity contribution in [2.45, 2.75) is 184 Å². The lowest BCUT2D eigenvalue weighted by molar-refractivity contribution is -0.404. The van der Waals surface area contributed by atoms with Gasteiger partial charge < -0.3 is 149 Å². The molecule has 0 aliphatic carbocycles. The van der Waals surface area contributed by atoms with E-state index in [0.29, 0.717) is 0 Å². The molecular formula is C36H60O30. The van der Waals surface area contributed by atoms with E-state index in [1.165, 1.54) is 0 Å². The van der Waals surface area contributed by atoms with Crippen LogP contribution in [0.2, 0.25) is 0 Å². The highest BCUT2D eigenvalue weighted by molar-refractivity contribution is 5.01. The second-order valence-corrected chi connectivity index (χ2v) is 16.8. The van der Waals surface area contributed by atoms with Gasteiger partial charge in [-0.05, 0) is 0 Å². The Bertz CT molecular complexity index is 1230. The maximum Gasteiger partial charge on any atom is 0.187 e. The summed E-state index contributed by atoms with van der Waals surface area (Å²) in [7, 11) is 0. The molecule has 384 valence electrons. The fraction of sp³-hybridized carbons (Fsp3) is 1.00. The zero-order valence-corrected chi connectivity index (χ0v) is 34.5. The van der Waals surface area contributed by atoms with Gasteiger partial charge in [0.25, 0.3) is 0 Å². The Kier molecular flexibility index (Phi) is 17.6. The van der Waals surface area contributed by atoms with Crippen molar-refractivity contribution in [1.29, 1.82) is 0 Å². The van der Waals surface area contributed by atoms with Gasteiger partial charge in [0, 0.05) is 0 Å². The predicted octanol–water partition coefficient (Wildman–Crippen LogP) is -13.1. The van der Waals surface area contributed by atoms with Crippen LogP contribution >= 0.6 is 0 Å². The quantitative estimate of drug-likeness (QED) is 0.117. The summed E-state index contributed by atoms with van der Waals surface area (Å²) in [5.41, 5.74) is 0. The van der Waals surface area contributed by atoms with Crippen LogP contribution in [0.1, 0.15) is 0 Å². The van der Waals surface area contributed by atoms with Crippen LogP contribution in [-0.2, 0) is 56.8 Å². The molecule has 22 aliphatic rings. The van der Waals surface area contributed by atoms with Crippen molar-refractivity contribution in [2.75, 3.05) is 39.6 Å². The molecule has 22 heterocycles. The molecule has 30 heteroatoms. The molecule has 22 saturated heterocycles. The number of aliphatic hydroxyl groups is 18. The molecule has 22 aliphatic heterocycles. The summed E-state index contributed by atoms with van der Waals surface area (Å²) in [6.45, 7) is -5.99. The molecule has 0 aromatic rings. The first kappa shape index (κ1) is 52.6. The Labute approximate surface area is 372 Å². The minimum atomic E-state index is -2.15. The third kappa shape index (κ3) is 10.0. The Hall–Kier alpha value is -1.20. The van der Waals surface area contributed by atoms with Gasteiger partial charge in [-0.3, -0.25) is 0 Å². The molecule has 22 fully saturated rings. The van der Waals surface area contributed by atoms with Crippen LogP contribution in [0.25, 0.3) is 0 Å². The van der Waals surface area contributed by atoms with Gasteiger partial charge in [0.15, 0.2) is 37.7 Å². The molecule has 22 rings (SSSR count). The fourth-order valence-electron chi connectivity index (χ4n) is 8.93. The summed E-state index contributed by atoms with van der Waals surface area (Å²) in [5, 5.41) is 196. The van der Waals surface area contributed by atoms with E-state index in [9.17, 15) is 91.9 Å². The molecule has 66 heavy (non-hydrogen) atoms. The maximum absolute atomic E-state index is 11.2. The standard InChI is InChI=1S/C36H60O30/c37-1-7-25-13(43)19(49)31(55-7)62-26-8(2-38)57-33(21(51)15(26)45)64-28-10(4-40)59-35(23(53)17(28)47)66-30-12(6-42)60-36(24(54)18(30)48)65-29-11(5-41)58-34(22(52)16(29)46)63-27-9(3-39)56-32(61-25)20(50)14(27)44/h7-54H,1-6H2/t7-,8-,9-,10-,11-,12-,13-,14-,15-,16-,17-,18-,19-,20-,21-,22-,23-,24?,25-,26-,27-,28-,29-,30-,31-,32-,33-,34-,35-,36-/m1/s1. The van der Waals surface area contributed by atoms with Gasteiger partial charge in [-0.25, -0.2) is 0 Å². The lowest BCUT2D eigenvalue weighted by Gasteiger charge is -2.50. The lowest BCUT2D eigenvalue weighted by Crippen LogP contribution is -2.69. The first-order valence-corrected chi connectivity index (χ1v) is 21.1. The van der Waals surface area contributed by atoms with Crippen molar-refractivity contribution in [3.63, 3.8) is 0 Å². The van der Waals surface area contributed by atoms with E-state index in [1.54, 1.807) is 0 Å². The number of ether oxygens (including phenoxy) is 12. The summed E-state index contributed by atoms with van der Waals surface area (Å²) in [4.78, 5) is 0. The average Bonchev–Trinajstić information content (AvgIpc) is 3.31. The van der Waals surface area contributed by atoms with Crippen molar-refractivity contribution < 1.29 is 149 Å². The van der Waals surface area contributed by atoms with Crippen molar-refractivity contribution >= 4 is 0 Å². The van der Waals surface area contributed by atoms with Gasteiger partial charge in [-0.1, -0.05) is 0 Å². The van der Waals surface area contributed by atoms with Gasteiger partial charge in [0.1, 0.15) is 146 Å². The minimum Gasteiger partial charge on any atom is -0.394 e. The Balaban J connectivity index is 1.19. The zero-order chi connectivity index (χ0) is 48.0. The monoisotopic (exact) mass is 972 g/mol. The van der Waals surface area contributed by atoms with E-state index in [0.717, 1.165) is 0 Å². The number of aliphatic hydroxyl groups excluding tert-OH is 18. The molecule has 0 spiro atoms. The number of hydrogen-bond donors (Lipinski definition) is 18. The summed E-state index contributed by atoms with van der Waals surface area (Å²) >= 11 is 0. The SMILES string of the molecule is OC[C@H]1O[C@@H]2O[C@H]3[C@H](O)[C@@H](O)[C@@H](O[C@H]4[C@H](O)[C@@H](O)[C@@H](O[C@H]5[C@H](O)[C@@H](O)[C@@H](O[C@H]6[C@H](O)[C@@H](O)[C@@H](O[C@H]7[C@H](O)C(O)[C@@H](O[C@H]1[C@H](O)[C@H]2O)O[C@@H]7CO)O[C@@H]6CO)O[C@@H]5CO)O[C@@H]4CO)O[C@@H]3CO. The molecule has 30 nitrogen and oxygen atoms in total. The van der Waals surface area contributed by atoms with Crippen LogP contribution in [0.5, 0.6) is 0 Å². The highest BCUT2D eigenvalue weighted by Gasteiger charge is 2.58. The van der Waals surface area contributed by atoms with E-state index in [2.05, 4.69) is 0 Å². The second-order valence-electron chi connectivity index (χ2n) is 16.8. The fourth-order valence-corrected chi connectivity index (χ4v) is 8.93. The van der Waals surface area contributed by atoms with Crippen LogP contribution in [0.4, 0.5) is 0 Å². The molecule has 30 atom stereocenters. The van der Waals surface area contributed by atoms with E-state index in [1.807, 2.05) is 0 Å². The van der Waals surface area contributed by atoms with E-state index in [-0.39, 0.29) is 0 Å². The van der Waals surface area contributed by atoms with Crippen molar-refractivity contribution in [1.82, 2.24) is 0 Å². The van der Waals surface area contributed by atoms with Crippen LogP contribution in [0.15, 0.2) is 0 Å². The van der Waals surface area contributed by atoms with E-state index >= 15 is 0 Å². The molecule has 0 amide bonds. The lowest BCUT2D eigenvalue weighted by atomic mass is 9.94. The number of hydrogen-bond acceptors (Lipinski definition) is 30. The summed E-state index contributed by atoms with van der Waals surface area (Å²) in [5.74, 6) is 0. The second kappa shape index (κ2) is 22.1. The molecule has 0 aromatic heterocycles. The Morgan fingerprint density at radius 1 is 0.182 bits per heavy atom. The first-order valence-electron chi connectivity index (χ1n) is 21.1. The van der Waals surface area contributed by atoms with Crippen molar-refractivity contribution in [3.05, 3.63) is 0 Å². The van der Waals surface area contributed by atoms with Crippen molar-refractivity contribution in [2.24, 2.45) is 0 Å². The average molecular weight is 973 g/mol. The normalized spacial score (nSPS) is 55.4. The summed E-state index contributed by atoms with van der Waals surface area (Å²) in [6.07, 6.45) is -58.5. The molecule has 0 saturated carbocycles. The zero-order valence-electron chi connectivity index (χ0n) is 34.5. The van der Waals surface area contributed by atoms with Gasteiger partial charge in [-0.2, -0.15) is 0 Å². The summed E-state index contributed by atoms with van der Waals surface area (Å²) in [6, 6.07) is 0. The van der Waals surface area contributed by atoms with E-state index in [4.69, 9.17) is 56.8 Å². The predicted molar refractivity (Wildman–Crippen MR) is 196 cm³/mol. The summed E-state index contributed by atoms with van der Waals surface area (Å²) < 4.78 is 67.9. The third-order valence-electron chi connectivity index (χ3n) is 12.7. The molecule has 18 N–H and O–H groups in total. The third-order valence-corrected chi connectivity index (χ3v) is 12.7. The topological polar surface area (TPSA) is 475 Å². The minimum absolute atomic E-state index is 0.999. The van der Waals surface area contributed by atoms with Gasteiger partial charge in [-0.15, -0.1) is 0 Å². The Morgan fingerprint density at radius 2 is 0.303 bits per heavy atom. The highest BCUT2D eigenvalue weighted by atomic mass is 16.8. The van der Waals surface area contributed by atoms with E-state index < -0.39 is 224 Å². The smallest absolute Gasteiger partial charge is 0.187 e.